The third kappa shape index (κ3) is 5.79. The molecule has 0 spiro atoms. The number of benzene rings is 2. The third-order valence-corrected chi connectivity index (χ3v) is 4.58. The molecule has 0 aliphatic rings. The van der Waals surface area contributed by atoms with Crippen LogP contribution in [-0.4, -0.2) is 24.7 Å². The third-order valence-electron chi connectivity index (χ3n) is 3.29. The van der Waals surface area contributed by atoms with Crippen molar-refractivity contribution in [3.05, 3.63) is 57.6 Å². The summed E-state index contributed by atoms with van der Waals surface area (Å²) in [6.07, 6.45) is -2.91. The Hall–Kier alpha value is -1.90. The molecule has 0 aliphatic heterocycles. The van der Waals surface area contributed by atoms with Gasteiger partial charge in [0.1, 0.15) is 0 Å². The second-order valence-corrected chi connectivity index (χ2v) is 6.88. The maximum Gasteiger partial charge on any atom is 0.418 e. The van der Waals surface area contributed by atoms with Crippen molar-refractivity contribution in [1.29, 1.82) is 0 Å². The van der Waals surface area contributed by atoms with E-state index in [-0.39, 0.29) is 15.6 Å². The number of rotatable bonds is 5. The summed E-state index contributed by atoms with van der Waals surface area (Å²) < 4.78 is 43.9. The predicted molar refractivity (Wildman–Crippen MR) is 98.6 cm³/mol. The molecule has 0 aromatic heterocycles. The van der Waals surface area contributed by atoms with Crippen molar-refractivity contribution in [2.45, 2.75) is 11.1 Å². The highest BCUT2D eigenvalue weighted by molar-refractivity contribution is 7.98. The highest BCUT2D eigenvalue weighted by atomic mass is 35.5. The maximum absolute atomic E-state index is 13.0. The molecular formula is C17H12Cl2F3NO3S. The molecule has 0 fully saturated rings. The van der Waals surface area contributed by atoms with E-state index in [4.69, 9.17) is 27.9 Å². The Balaban J connectivity index is 2.06. The molecular weight excluding hydrogens is 426 g/mol. The summed E-state index contributed by atoms with van der Waals surface area (Å²) in [4.78, 5) is 24.7. The van der Waals surface area contributed by atoms with E-state index in [1.54, 1.807) is 12.3 Å². The minimum Gasteiger partial charge on any atom is -0.452 e. The van der Waals surface area contributed by atoms with Gasteiger partial charge in [-0.2, -0.15) is 13.2 Å². The SMILES string of the molecule is CSc1ccc(Cl)c(C(=O)OCC(=O)Nc2ccc(Cl)cc2C(F)(F)F)c1. The summed E-state index contributed by atoms with van der Waals surface area (Å²) in [6, 6.07) is 7.61. The predicted octanol–water partition coefficient (Wildman–Crippen LogP) is 5.53. The van der Waals surface area contributed by atoms with Crippen molar-refractivity contribution < 1.29 is 27.5 Å². The Bertz CT molecular complexity index is 875. The van der Waals surface area contributed by atoms with Gasteiger partial charge in [0, 0.05) is 9.92 Å². The van der Waals surface area contributed by atoms with Crippen LogP contribution in [0.5, 0.6) is 0 Å². The smallest absolute Gasteiger partial charge is 0.418 e. The van der Waals surface area contributed by atoms with Crippen molar-refractivity contribution in [2.75, 3.05) is 18.2 Å². The molecule has 2 aromatic carbocycles. The largest absolute Gasteiger partial charge is 0.452 e. The quantitative estimate of drug-likeness (QED) is 0.493. The summed E-state index contributed by atoms with van der Waals surface area (Å²) in [5, 5.41) is 2.06. The number of amides is 1. The fraction of sp³-hybridized carbons (Fsp3) is 0.176. The van der Waals surface area contributed by atoms with Crippen molar-refractivity contribution >= 4 is 52.5 Å². The van der Waals surface area contributed by atoms with E-state index in [2.05, 4.69) is 5.32 Å². The average Bonchev–Trinajstić information content (AvgIpc) is 2.60. The van der Waals surface area contributed by atoms with E-state index in [1.807, 2.05) is 0 Å². The minimum absolute atomic E-state index is 0.0544. The zero-order valence-corrected chi connectivity index (χ0v) is 16.0. The molecule has 0 unspecified atom stereocenters. The first-order valence-electron chi connectivity index (χ1n) is 7.29. The van der Waals surface area contributed by atoms with Gasteiger partial charge in [0.05, 0.1) is 21.8 Å². The van der Waals surface area contributed by atoms with Crippen LogP contribution in [0.2, 0.25) is 10.0 Å². The molecule has 2 rings (SSSR count). The molecule has 0 saturated heterocycles. The summed E-state index contributed by atoms with van der Waals surface area (Å²) >= 11 is 12.9. The van der Waals surface area contributed by atoms with Crippen molar-refractivity contribution in [3.63, 3.8) is 0 Å². The molecule has 0 heterocycles. The second kappa shape index (κ2) is 8.86. The van der Waals surface area contributed by atoms with Gasteiger partial charge < -0.3 is 10.1 Å². The van der Waals surface area contributed by atoms with Gasteiger partial charge in [-0.1, -0.05) is 23.2 Å². The van der Waals surface area contributed by atoms with Crippen LogP contribution in [0, 0.1) is 0 Å². The van der Waals surface area contributed by atoms with Crippen LogP contribution in [0.1, 0.15) is 15.9 Å². The number of carbonyl (C=O) groups is 2. The molecule has 4 nitrogen and oxygen atoms in total. The van der Waals surface area contributed by atoms with Crippen LogP contribution in [0.25, 0.3) is 0 Å². The van der Waals surface area contributed by atoms with Crippen molar-refractivity contribution in [3.8, 4) is 0 Å². The average molecular weight is 438 g/mol. The van der Waals surface area contributed by atoms with Gasteiger partial charge >= 0.3 is 12.1 Å². The number of esters is 1. The number of anilines is 1. The van der Waals surface area contributed by atoms with Crippen LogP contribution in [0.15, 0.2) is 41.3 Å². The van der Waals surface area contributed by atoms with Gasteiger partial charge in [-0.05, 0) is 42.7 Å². The van der Waals surface area contributed by atoms with E-state index in [9.17, 15) is 22.8 Å². The number of hydrogen-bond donors (Lipinski definition) is 1. The first-order chi connectivity index (χ1) is 12.6. The molecule has 0 bridgehead atoms. The zero-order chi connectivity index (χ0) is 20.2. The van der Waals surface area contributed by atoms with Gasteiger partial charge in [0.2, 0.25) is 0 Å². The van der Waals surface area contributed by atoms with Crippen LogP contribution < -0.4 is 5.32 Å². The number of carbonyl (C=O) groups excluding carboxylic acids is 2. The minimum atomic E-state index is -4.71. The molecule has 0 atom stereocenters. The number of ether oxygens (including phenoxy) is 1. The summed E-state index contributed by atoms with van der Waals surface area (Å²) in [6.45, 7) is -0.779. The Kier molecular flexibility index (Phi) is 7.02. The highest BCUT2D eigenvalue weighted by Crippen LogP contribution is 2.36. The number of halogens is 5. The maximum atomic E-state index is 13.0. The van der Waals surface area contributed by atoms with E-state index in [0.717, 1.165) is 11.0 Å². The molecule has 1 N–H and O–H groups in total. The summed E-state index contributed by atoms with van der Waals surface area (Å²) in [7, 11) is 0. The Morgan fingerprint density at radius 2 is 1.85 bits per heavy atom. The summed E-state index contributed by atoms with van der Waals surface area (Å²) in [5.41, 5.74) is -1.54. The van der Waals surface area contributed by atoms with E-state index in [0.29, 0.717) is 6.07 Å². The highest BCUT2D eigenvalue weighted by Gasteiger charge is 2.34. The fourth-order valence-electron chi connectivity index (χ4n) is 2.04. The van der Waals surface area contributed by atoms with Crippen molar-refractivity contribution in [1.82, 2.24) is 0 Å². The van der Waals surface area contributed by atoms with Gasteiger partial charge in [-0.15, -0.1) is 11.8 Å². The normalized spacial score (nSPS) is 11.2. The van der Waals surface area contributed by atoms with Crippen LogP contribution in [-0.2, 0) is 15.7 Å². The summed E-state index contributed by atoms with van der Waals surface area (Å²) in [5.74, 6) is -1.80. The van der Waals surface area contributed by atoms with Crippen LogP contribution >= 0.6 is 35.0 Å². The van der Waals surface area contributed by atoms with Crippen LogP contribution in [0.4, 0.5) is 18.9 Å². The van der Waals surface area contributed by atoms with Gasteiger partial charge in [0.25, 0.3) is 5.91 Å². The lowest BCUT2D eigenvalue weighted by Gasteiger charge is -2.14. The molecule has 27 heavy (non-hydrogen) atoms. The standard InChI is InChI=1S/C17H12Cl2F3NO3S/c1-27-10-3-4-13(19)11(7-10)16(25)26-8-15(24)23-14-5-2-9(18)6-12(14)17(20,21)22/h2-7H,8H2,1H3,(H,23,24). The molecule has 0 saturated carbocycles. The molecule has 0 radical (unpaired) electrons. The molecule has 144 valence electrons. The zero-order valence-electron chi connectivity index (χ0n) is 13.7. The Morgan fingerprint density at radius 1 is 1.15 bits per heavy atom. The monoisotopic (exact) mass is 437 g/mol. The topological polar surface area (TPSA) is 55.4 Å². The van der Waals surface area contributed by atoms with Gasteiger partial charge in [-0.3, -0.25) is 4.79 Å². The van der Waals surface area contributed by atoms with Crippen molar-refractivity contribution in [2.24, 2.45) is 0 Å². The van der Waals surface area contributed by atoms with E-state index < -0.39 is 35.9 Å². The number of thioether (sulfide) groups is 1. The second-order valence-electron chi connectivity index (χ2n) is 5.16. The van der Waals surface area contributed by atoms with Gasteiger partial charge in [-0.25, -0.2) is 4.79 Å². The van der Waals surface area contributed by atoms with E-state index in [1.165, 1.54) is 30.0 Å². The number of hydrogen-bond acceptors (Lipinski definition) is 4. The Labute approximate surface area is 167 Å². The Morgan fingerprint density at radius 3 is 2.48 bits per heavy atom. The lowest BCUT2D eigenvalue weighted by molar-refractivity contribution is -0.137. The fourth-order valence-corrected chi connectivity index (χ4v) is 2.85. The molecule has 2 aromatic rings. The van der Waals surface area contributed by atoms with Gasteiger partial charge in [0.15, 0.2) is 6.61 Å². The number of nitrogens with one attached hydrogen (secondary N) is 1. The van der Waals surface area contributed by atoms with Crippen LogP contribution in [0.3, 0.4) is 0 Å². The molecule has 0 aliphatic carbocycles. The lowest BCUT2D eigenvalue weighted by atomic mass is 10.1. The number of alkyl halides is 3. The molecule has 1 amide bonds. The lowest BCUT2D eigenvalue weighted by Crippen LogP contribution is -2.23. The first kappa shape index (κ1) is 21.4. The first-order valence-corrected chi connectivity index (χ1v) is 9.27. The van der Waals surface area contributed by atoms with E-state index >= 15 is 0 Å². The molecule has 10 heteroatoms.